The largest absolute Gasteiger partial charge is 0.329 e. The van der Waals surface area contributed by atoms with E-state index < -0.39 is 0 Å². The summed E-state index contributed by atoms with van der Waals surface area (Å²) in [5.41, 5.74) is 8.82. The minimum absolute atomic E-state index is 0.483. The Morgan fingerprint density at radius 1 is 1.15 bits per heavy atom. The molecule has 1 aliphatic heterocycles. The predicted octanol–water partition coefficient (Wildman–Crippen LogP) is 3.76. The summed E-state index contributed by atoms with van der Waals surface area (Å²) in [5.74, 6) is 0.724. The summed E-state index contributed by atoms with van der Waals surface area (Å²) >= 11 is 0. The van der Waals surface area contributed by atoms with Crippen molar-refractivity contribution in [3.05, 3.63) is 35.4 Å². The van der Waals surface area contributed by atoms with Crippen LogP contribution in [0.3, 0.4) is 0 Å². The molecule has 2 rings (SSSR count). The molecule has 2 N–H and O–H groups in total. The maximum atomic E-state index is 5.95. The Labute approximate surface area is 124 Å². The molecule has 0 aliphatic carbocycles. The van der Waals surface area contributed by atoms with Crippen LogP contribution in [0.2, 0.25) is 0 Å². The monoisotopic (exact) mass is 274 g/mol. The van der Waals surface area contributed by atoms with Gasteiger partial charge in [0.1, 0.15) is 0 Å². The first-order valence-electron chi connectivity index (χ1n) is 8.16. The molecule has 0 aromatic heterocycles. The second-order valence-electron chi connectivity index (χ2n) is 6.64. The number of hydrogen-bond acceptors (Lipinski definition) is 2. The molecule has 0 radical (unpaired) electrons. The predicted molar refractivity (Wildman–Crippen MR) is 86.8 cm³/mol. The average Bonchev–Trinajstić information content (AvgIpc) is 2.46. The Bertz CT molecular complexity index is 396. The molecule has 1 aromatic rings. The van der Waals surface area contributed by atoms with E-state index in [0.717, 1.165) is 12.5 Å². The summed E-state index contributed by atoms with van der Waals surface area (Å²) in [5, 5.41) is 0. The third-order valence-electron chi connectivity index (χ3n) is 4.55. The Kier molecular flexibility index (Phi) is 5.62. The second kappa shape index (κ2) is 7.24. The summed E-state index contributed by atoms with van der Waals surface area (Å²) < 4.78 is 0. The van der Waals surface area contributed by atoms with Crippen LogP contribution in [-0.4, -0.2) is 24.0 Å². The van der Waals surface area contributed by atoms with E-state index in [4.69, 9.17) is 5.73 Å². The van der Waals surface area contributed by atoms with Gasteiger partial charge in [-0.3, -0.25) is 4.90 Å². The van der Waals surface area contributed by atoms with E-state index in [9.17, 15) is 0 Å². The molecule has 0 amide bonds. The average molecular weight is 274 g/mol. The van der Waals surface area contributed by atoms with E-state index in [-0.39, 0.29) is 0 Å². The van der Waals surface area contributed by atoms with Crippen LogP contribution in [0, 0.1) is 5.92 Å². The van der Waals surface area contributed by atoms with Gasteiger partial charge < -0.3 is 5.73 Å². The maximum absolute atomic E-state index is 5.95. The van der Waals surface area contributed by atoms with Gasteiger partial charge in [-0.25, -0.2) is 0 Å². The van der Waals surface area contributed by atoms with Crippen LogP contribution in [0.5, 0.6) is 0 Å². The summed E-state index contributed by atoms with van der Waals surface area (Å²) in [7, 11) is 0. The van der Waals surface area contributed by atoms with E-state index in [1.807, 2.05) is 0 Å². The number of rotatable bonds is 5. The molecule has 1 heterocycles. The lowest BCUT2D eigenvalue weighted by Gasteiger charge is -2.39. The van der Waals surface area contributed by atoms with Crippen molar-refractivity contribution >= 4 is 0 Å². The highest BCUT2D eigenvalue weighted by Gasteiger charge is 2.26. The van der Waals surface area contributed by atoms with Gasteiger partial charge >= 0.3 is 0 Å². The first-order valence-corrected chi connectivity index (χ1v) is 8.16. The third-order valence-corrected chi connectivity index (χ3v) is 4.55. The van der Waals surface area contributed by atoms with Gasteiger partial charge in [-0.15, -0.1) is 0 Å². The van der Waals surface area contributed by atoms with E-state index >= 15 is 0 Å². The Morgan fingerprint density at radius 3 is 2.45 bits per heavy atom. The number of benzene rings is 1. The fourth-order valence-corrected chi connectivity index (χ4v) is 3.38. The first kappa shape index (κ1) is 15.5. The number of piperidine rings is 1. The third kappa shape index (κ3) is 3.83. The smallest absolute Gasteiger partial charge is 0.0323 e. The molecule has 1 aliphatic rings. The number of hydrogen-bond donors (Lipinski definition) is 1. The molecule has 2 heteroatoms. The van der Waals surface area contributed by atoms with Crippen molar-refractivity contribution in [3.63, 3.8) is 0 Å². The second-order valence-corrected chi connectivity index (χ2v) is 6.64. The fraction of sp³-hybridized carbons (Fsp3) is 0.667. The molecule has 0 saturated carbocycles. The van der Waals surface area contributed by atoms with Crippen LogP contribution in [0.4, 0.5) is 0 Å². The minimum atomic E-state index is 0.483. The van der Waals surface area contributed by atoms with Crippen LogP contribution in [0.1, 0.15) is 57.2 Å². The lowest BCUT2D eigenvalue weighted by molar-refractivity contribution is 0.108. The van der Waals surface area contributed by atoms with Crippen LogP contribution < -0.4 is 5.73 Å². The van der Waals surface area contributed by atoms with Crippen LogP contribution in [0.25, 0.3) is 0 Å². The van der Waals surface area contributed by atoms with Crippen LogP contribution >= 0.6 is 0 Å². The van der Waals surface area contributed by atoms with E-state index in [1.165, 1.54) is 43.4 Å². The zero-order valence-corrected chi connectivity index (χ0v) is 13.3. The van der Waals surface area contributed by atoms with Gasteiger partial charge in [0.2, 0.25) is 0 Å². The molecule has 20 heavy (non-hydrogen) atoms. The molecule has 0 spiro atoms. The molecule has 1 aromatic carbocycles. The highest BCUT2D eigenvalue weighted by Crippen LogP contribution is 2.28. The van der Waals surface area contributed by atoms with Crippen LogP contribution in [-0.2, 0) is 6.42 Å². The Morgan fingerprint density at radius 2 is 1.85 bits per heavy atom. The quantitative estimate of drug-likeness (QED) is 0.886. The van der Waals surface area contributed by atoms with Crippen molar-refractivity contribution in [2.24, 2.45) is 11.7 Å². The van der Waals surface area contributed by atoms with Gasteiger partial charge in [0.05, 0.1) is 0 Å². The molecular weight excluding hydrogens is 244 g/mol. The minimum Gasteiger partial charge on any atom is -0.329 e. The molecule has 2 atom stereocenters. The van der Waals surface area contributed by atoms with Gasteiger partial charge in [0, 0.05) is 18.6 Å². The Hall–Kier alpha value is -0.860. The molecule has 1 saturated heterocycles. The van der Waals surface area contributed by atoms with Crippen molar-refractivity contribution in [3.8, 4) is 0 Å². The normalized spacial score (nSPS) is 22.1. The fourth-order valence-electron chi connectivity index (χ4n) is 3.38. The molecule has 2 nitrogen and oxygen atoms in total. The SMILES string of the molecule is CC(C)Cc1ccc(C(C)N2CCCCC2CN)cc1. The molecule has 1 fully saturated rings. The van der Waals surface area contributed by atoms with Crippen molar-refractivity contribution < 1.29 is 0 Å². The first-order chi connectivity index (χ1) is 9.61. The maximum Gasteiger partial charge on any atom is 0.0323 e. The Balaban J connectivity index is 2.05. The highest BCUT2D eigenvalue weighted by molar-refractivity contribution is 5.25. The van der Waals surface area contributed by atoms with Crippen molar-refractivity contribution in [1.29, 1.82) is 0 Å². The molecule has 0 bridgehead atoms. The summed E-state index contributed by atoms with van der Waals surface area (Å²) in [6.07, 6.45) is 5.07. The van der Waals surface area contributed by atoms with E-state index in [2.05, 4.69) is 49.9 Å². The van der Waals surface area contributed by atoms with Gasteiger partial charge in [0.15, 0.2) is 0 Å². The van der Waals surface area contributed by atoms with Crippen molar-refractivity contribution in [1.82, 2.24) is 4.90 Å². The molecule has 2 unspecified atom stereocenters. The van der Waals surface area contributed by atoms with Gasteiger partial charge in [-0.05, 0) is 49.8 Å². The number of nitrogens with zero attached hydrogens (tertiary/aromatic N) is 1. The summed E-state index contributed by atoms with van der Waals surface area (Å²) in [6, 6.07) is 10.3. The summed E-state index contributed by atoms with van der Waals surface area (Å²) in [4.78, 5) is 2.60. The lowest BCUT2D eigenvalue weighted by Crippen LogP contribution is -2.45. The van der Waals surface area contributed by atoms with Gasteiger partial charge in [-0.2, -0.15) is 0 Å². The lowest BCUT2D eigenvalue weighted by atomic mass is 9.95. The summed E-state index contributed by atoms with van der Waals surface area (Å²) in [6.45, 7) is 8.85. The van der Waals surface area contributed by atoms with Gasteiger partial charge in [-0.1, -0.05) is 44.5 Å². The zero-order chi connectivity index (χ0) is 14.5. The van der Waals surface area contributed by atoms with E-state index in [1.54, 1.807) is 0 Å². The molecule has 112 valence electrons. The molecular formula is C18H30N2. The highest BCUT2D eigenvalue weighted by atomic mass is 15.2. The van der Waals surface area contributed by atoms with Crippen LogP contribution in [0.15, 0.2) is 24.3 Å². The number of nitrogens with two attached hydrogens (primary N) is 1. The van der Waals surface area contributed by atoms with Crippen molar-refractivity contribution in [2.45, 2.75) is 58.5 Å². The topological polar surface area (TPSA) is 29.3 Å². The van der Waals surface area contributed by atoms with E-state index in [0.29, 0.717) is 12.1 Å². The standard InChI is InChI=1S/C18H30N2/c1-14(2)12-16-7-9-17(10-8-16)15(3)20-11-5-4-6-18(20)13-19/h7-10,14-15,18H,4-6,11-13,19H2,1-3H3. The number of likely N-dealkylation sites (tertiary alicyclic amines) is 1. The zero-order valence-electron chi connectivity index (χ0n) is 13.3. The van der Waals surface area contributed by atoms with Crippen molar-refractivity contribution in [2.75, 3.05) is 13.1 Å². The van der Waals surface area contributed by atoms with Gasteiger partial charge in [0.25, 0.3) is 0 Å².